The molecule has 0 aliphatic rings. The smallest absolute Gasteiger partial charge is 0.254 e. The number of carbonyl (C=O) groups is 1. The van der Waals surface area contributed by atoms with Crippen LogP contribution in [0, 0.1) is 0 Å². The fourth-order valence-electron chi connectivity index (χ4n) is 2.05. The molecule has 1 aromatic heterocycles. The van der Waals surface area contributed by atoms with Crippen molar-refractivity contribution in [2.45, 2.75) is 0 Å². The van der Waals surface area contributed by atoms with Gasteiger partial charge >= 0.3 is 0 Å². The van der Waals surface area contributed by atoms with Crippen LogP contribution < -0.4 is 20.1 Å². The fourth-order valence-corrected chi connectivity index (χ4v) is 2.05. The van der Waals surface area contributed by atoms with Crippen LogP contribution in [0.4, 0.5) is 11.6 Å². The highest BCUT2D eigenvalue weighted by atomic mass is 16.5. The molecule has 0 spiro atoms. The average Bonchev–Trinajstić information content (AvgIpc) is 2.61. The predicted octanol–water partition coefficient (Wildman–Crippen LogP) is 1.53. The Morgan fingerprint density at radius 1 is 1.12 bits per heavy atom. The number of carbonyl (C=O) groups excluding carboxylic acids is 1. The van der Waals surface area contributed by atoms with Gasteiger partial charge in [0.15, 0.2) is 11.5 Å². The number of ether oxygens (including phenoxy) is 2. The quantitative estimate of drug-likeness (QED) is 0.750. The molecule has 2 N–H and O–H groups in total. The van der Waals surface area contributed by atoms with E-state index in [-0.39, 0.29) is 5.91 Å². The monoisotopic (exact) mass is 345 g/mol. The molecular formula is C17H23N5O3. The molecule has 2 rings (SSSR count). The Morgan fingerprint density at radius 3 is 2.40 bits per heavy atom. The van der Waals surface area contributed by atoms with Gasteiger partial charge in [-0.2, -0.15) is 0 Å². The molecule has 0 fully saturated rings. The lowest BCUT2D eigenvalue weighted by Gasteiger charge is -2.11. The van der Waals surface area contributed by atoms with E-state index in [1.165, 1.54) is 12.4 Å². The zero-order chi connectivity index (χ0) is 18.2. The van der Waals surface area contributed by atoms with Gasteiger partial charge in [-0.3, -0.25) is 4.79 Å². The number of nitrogens with zero attached hydrogens (tertiary/aromatic N) is 3. The Labute approximate surface area is 147 Å². The first kappa shape index (κ1) is 18.5. The minimum Gasteiger partial charge on any atom is -0.493 e. The molecule has 2 aromatic rings. The summed E-state index contributed by atoms with van der Waals surface area (Å²) >= 11 is 0. The lowest BCUT2D eigenvalue weighted by Crippen LogP contribution is -2.31. The van der Waals surface area contributed by atoms with Crippen molar-refractivity contribution in [3.63, 3.8) is 0 Å². The topological polar surface area (TPSA) is 88.6 Å². The molecule has 0 aliphatic heterocycles. The predicted molar refractivity (Wildman–Crippen MR) is 95.7 cm³/mol. The molecule has 134 valence electrons. The van der Waals surface area contributed by atoms with Gasteiger partial charge < -0.3 is 25.0 Å². The summed E-state index contributed by atoms with van der Waals surface area (Å²) in [5.41, 5.74) is 1.16. The highest BCUT2D eigenvalue weighted by Gasteiger charge is 2.08. The summed E-state index contributed by atoms with van der Waals surface area (Å²) < 4.78 is 10.5. The SMILES string of the molecule is COc1ccc(Nc2ncc(C(=O)NCCN(C)C)cn2)cc1OC. The minimum atomic E-state index is -0.195. The number of likely N-dealkylation sites (N-methyl/N-ethyl adjacent to an activating group) is 1. The Hall–Kier alpha value is -2.87. The van der Waals surface area contributed by atoms with Gasteiger partial charge in [0.2, 0.25) is 5.95 Å². The van der Waals surface area contributed by atoms with Crippen LogP contribution in [0.25, 0.3) is 0 Å². The van der Waals surface area contributed by atoms with Crippen molar-refractivity contribution < 1.29 is 14.3 Å². The van der Waals surface area contributed by atoms with Crippen LogP contribution in [0.1, 0.15) is 10.4 Å². The summed E-state index contributed by atoms with van der Waals surface area (Å²) in [6, 6.07) is 5.39. The maximum atomic E-state index is 12.0. The molecule has 0 saturated carbocycles. The molecule has 8 nitrogen and oxygen atoms in total. The number of hydrogen-bond acceptors (Lipinski definition) is 7. The van der Waals surface area contributed by atoms with Crippen molar-refractivity contribution >= 4 is 17.5 Å². The average molecular weight is 345 g/mol. The second-order valence-electron chi connectivity index (χ2n) is 5.55. The highest BCUT2D eigenvalue weighted by molar-refractivity contribution is 5.93. The summed E-state index contributed by atoms with van der Waals surface area (Å²) in [5.74, 6) is 1.43. The van der Waals surface area contributed by atoms with Crippen LogP contribution in [0.3, 0.4) is 0 Å². The Morgan fingerprint density at radius 2 is 1.80 bits per heavy atom. The van der Waals surface area contributed by atoms with E-state index in [2.05, 4.69) is 20.6 Å². The molecule has 0 radical (unpaired) electrons. The van der Waals surface area contributed by atoms with Gasteiger partial charge in [-0.05, 0) is 26.2 Å². The maximum absolute atomic E-state index is 12.0. The lowest BCUT2D eigenvalue weighted by molar-refractivity contribution is 0.0950. The summed E-state index contributed by atoms with van der Waals surface area (Å²) in [6.45, 7) is 1.34. The van der Waals surface area contributed by atoms with Crippen LogP contribution in [0.2, 0.25) is 0 Å². The van der Waals surface area contributed by atoms with Crippen molar-refractivity contribution in [1.82, 2.24) is 20.2 Å². The van der Waals surface area contributed by atoms with E-state index < -0.39 is 0 Å². The van der Waals surface area contributed by atoms with E-state index in [4.69, 9.17) is 9.47 Å². The van der Waals surface area contributed by atoms with Crippen LogP contribution in [-0.2, 0) is 0 Å². The number of methoxy groups -OCH3 is 2. The second kappa shape index (κ2) is 8.84. The first-order valence-electron chi connectivity index (χ1n) is 7.77. The molecule has 0 saturated heterocycles. The lowest BCUT2D eigenvalue weighted by atomic mass is 10.2. The molecule has 25 heavy (non-hydrogen) atoms. The summed E-state index contributed by atoms with van der Waals surface area (Å²) in [4.78, 5) is 22.3. The molecule has 1 heterocycles. The molecule has 0 atom stereocenters. The number of benzene rings is 1. The van der Waals surface area contributed by atoms with Gasteiger partial charge in [-0.15, -0.1) is 0 Å². The van der Waals surface area contributed by atoms with Crippen LogP contribution >= 0.6 is 0 Å². The van der Waals surface area contributed by atoms with Crippen LogP contribution in [0.15, 0.2) is 30.6 Å². The van der Waals surface area contributed by atoms with Crippen molar-refractivity contribution in [3.8, 4) is 11.5 Å². The van der Waals surface area contributed by atoms with E-state index in [0.717, 1.165) is 12.2 Å². The highest BCUT2D eigenvalue weighted by Crippen LogP contribution is 2.30. The van der Waals surface area contributed by atoms with Gasteiger partial charge in [-0.1, -0.05) is 0 Å². The Bertz CT molecular complexity index is 704. The number of amides is 1. The van der Waals surface area contributed by atoms with E-state index in [1.54, 1.807) is 26.4 Å². The zero-order valence-corrected chi connectivity index (χ0v) is 14.9. The second-order valence-corrected chi connectivity index (χ2v) is 5.55. The summed E-state index contributed by atoms with van der Waals surface area (Å²) in [5, 5.41) is 5.87. The number of hydrogen-bond donors (Lipinski definition) is 2. The largest absolute Gasteiger partial charge is 0.493 e. The number of aromatic nitrogens is 2. The number of anilines is 2. The first-order chi connectivity index (χ1) is 12.0. The van der Waals surface area contributed by atoms with E-state index in [1.807, 2.05) is 25.1 Å². The van der Waals surface area contributed by atoms with Crippen molar-refractivity contribution in [3.05, 3.63) is 36.2 Å². The zero-order valence-electron chi connectivity index (χ0n) is 14.9. The number of nitrogens with one attached hydrogen (secondary N) is 2. The molecule has 0 aliphatic carbocycles. The molecule has 0 unspecified atom stereocenters. The molecular weight excluding hydrogens is 322 g/mol. The van der Waals surface area contributed by atoms with E-state index in [9.17, 15) is 4.79 Å². The third-order valence-corrected chi connectivity index (χ3v) is 3.40. The van der Waals surface area contributed by atoms with Gasteiger partial charge in [0.25, 0.3) is 5.91 Å². The first-order valence-corrected chi connectivity index (χ1v) is 7.77. The van der Waals surface area contributed by atoms with Crippen molar-refractivity contribution in [2.75, 3.05) is 46.7 Å². The molecule has 1 amide bonds. The Kier molecular flexibility index (Phi) is 6.53. The van der Waals surface area contributed by atoms with Crippen molar-refractivity contribution in [2.24, 2.45) is 0 Å². The van der Waals surface area contributed by atoms with Gasteiger partial charge in [0.05, 0.1) is 19.8 Å². The third kappa shape index (κ3) is 5.32. The summed E-state index contributed by atoms with van der Waals surface area (Å²) in [6.07, 6.45) is 2.97. The van der Waals surface area contributed by atoms with Crippen LogP contribution in [0.5, 0.6) is 11.5 Å². The third-order valence-electron chi connectivity index (χ3n) is 3.40. The standard InChI is InChI=1S/C17H23N5O3/c1-22(2)8-7-18-16(23)12-10-19-17(20-11-12)21-13-5-6-14(24-3)15(9-13)25-4/h5-6,9-11H,7-8H2,1-4H3,(H,18,23)(H,19,20,21). The van der Waals surface area contributed by atoms with Crippen molar-refractivity contribution in [1.29, 1.82) is 0 Å². The van der Waals surface area contributed by atoms with E-state index in [0.29, 0.717) is 29.6 Å². The molecule has 1 aromatic carbocycles. The maximum Gasteiger partial charge on any atom is 0.254 e. The molecule has 8 heteroatoms. The van der Waals surface area contributed by atoms with Gasteiger partial charge in [0.1, 0.15) is 0 Å². The van der Waals surface area contributed by atoms with Gasteiger partial charge in [0, 0.05) is 37.2 Å². The van der Waals surface area contributed by atoms with Gasteiger partial charge in [-0.25, -0.2) is 9.97 Å². The van der Waals surface area contributed by atoms with E-state index >= 15 is 0 Å². The molecule has 0 bridgehead atoms. The Balaban J connectivity index is 1.99. The fraction of sp³-hybridized carbons (Fsp3) is 0.353. The summed E-state index contributed by atoms with van der Waals surface area (Å²) in [7, 11) is 7.05. The normalized spacial score (nSPS) is 10.4. The van der Waals surface area contributed by atoms with Crippen LogP contribution in [-0.4, -0.2) is 62.2 Å². The number of rotatable bonds is 8. The minimum absolute atomic E-state index is 0.195.